The fourth-order valence-corrected chi connectivity index (χ4v) is 14.3. The van der Waals surface area contributed by atoms with Crippen LogP contribution in [-0.4, -0.2) is 6.04 Å². The van der Waals surface area contributed by atoms with Gasteiger partial charge in [0.15, 0.2) is 0 Å². The summed E-state index contributed by atoms with van der Waals surface area (Å²) in [7, 11) is 0. The SMILES string of the molecule is Cc1ccc(N(C2=CC3=C(CC2C)c2ccc(N(c4ccc(C)cc4)c4ccc(C)cc4)cc2C32C3=C(C=CC(N(C4=CCC(C)C=C4)c4ccc(C)cc4)C3)c3ccc(N(c4ccc(C)cc4)c4ccc(C)cc4)cc32)c2ccc(C)cc2)cc1. The second kappa shape index (κ2) is 21.9. The zero-order chi connectivity index (χ0) is 59.0. The molecule has 86 heavy (non-hydrogen) atoms. The molecule has 424 valence electrons. The number of aryl methyl sites for hydroxylation is 7. The summed E-state index contributed by atoms with van der Waals surface area (Å²) in [5, 5.41) is 0. The Hall–Kier alpha value is -9.38. The van der Waals surface area contributed by atoms with Gasteiger partial charge in [0.05, 0.1) is 11.5 Å². The van der Waals surface area contributed by atoms with Crippen molar-refractivity contribution in [1.29, 1.82) is 0 Å². The maximum Gasteiger partial charge on any atom is 0.0688 e. The van der Waals surface area contributed by atoms with Crippen LogP contribution in [0.1, 0.15) is 94.3 Å². The summed E-state index contributed by atoms with van der Waals surface area (Å²) in [6.07, 6.45) is 17.7. The van der Waals surface area contributed by atoms with E-state index < -0.39 is 5.41 Å². The minimum Gasteiger partial charge on any atom is -0.335 e. The number of benzene rings is 9. The van der Waals surface area contributed by atoms with Crippen LogP contribution in [-0.2, 0) is 5.41 Å². The van der Waals surface area contributed by atoms with Crippen LogP contribution in [0.25, 0.3) is 11.1 Å². The van der Waals surface area contributed by atoms with E-state index in [1.807, 2.05) is 0 Å². The van der Waals surface area contributed by atoms with Crippen molar-refractivity contribution in [2.24, 2.45) is 11.8 Å². The van der Waals surface area contributed by atoms with Crippen LogP contribution >= 0.6 is 0 Å². The highest BCUT2D eigenvalue weighted by molar-refractivity contribution is 6.01. The lowest BCUT2D eigenvalue weighted by Gasteiger charge is -2.42. The van der Waals surface area contributed by atoms with Gasteiger partial charge in [-0.3, -0.25) is 0 Å². The predicted octanol–water partition coefficient (Wildman–Crippen LogP) is 21.7. The Bertz CT molecular complexity index is 4130. The van der Waals surface area contributed by atoms with Crippen molar-refractivity contribution < 1.29 is 0 Å². The van der Waals surface area contributed by atoms with E-state index in [2.05, 4.69) is 325 Å². The molecule has 0 N–H and O–H groups in total. The van der Waals surface area contributed by atoms with Gasteiger partial charge in [0.2, 0.25) is 0 Å². The normalized spacial score (nSPS) is 19.0. The Balaban J connectivity index is 1.07. The van der Waals surface area contributed by atoms with Crippen molar-refractivity contribution >= 4 is 62.3 Å². The van der Waals surface area contributed by atoms with Gasteiger partial charge in [-0.2, -0.15) is 0 Å². The fourth-order valence-electron chi connectivity index (χ4n) is 14.3. The summed E-state index contributed by atoms with van der Waals surface area (Å²) in [4.78, 5) is 10.2. The highest BCUT2D eigenvalue weighted by Gasteiger charge is 2.56. The van der Waals surface area contributed by atoms with Crippen LogP contribution in [0.15, 0.2) is 265 Å². The zero-order valence-electron chi connectivity index (χ0n) is 51.2. The molecule has 0 bridgehead atoms. The molecular weight excluding hydrogens is 1040 g/mol. The van der Waals surface area contributed by atoms with E-state index >= 15 is 0 Å². The molecule has 1 spiro atoms. The maximum atomic E-state index is 2.67. The first kappa shape index (κ1) is 54.6. The number of hydrogen-bond donors (Lipinski definition) is 0. The second-order valence-electron chi connectivity index (χ2n) is 25.2. The molecule has 0 fully saturated rings. The molecule has 5 aliphatic carbocycles. The molecule has 5 aliphatic rings. The van der Waals surface area contributed by atoms with Crippen molar-refractivity contribution in [3.05, 3.63) is 326 Å². The quantitative estimate of drug-likeness (QED) is 0.121. The molecular formula is C82H76N4. The van der Waals surface area contributed by atoms with Gasteiger partial charge in [-0.05, 0) is 240 Å². The molecule has 9 aromatic carbocycles. The standard InChI is InChI=1S/C82H76N4/c1-53-10-26-62(27-11-53)83(63-28-12-54(2)13-29-63)70-42-45-73-74-46-43-71(84(64-30-14-55(3)15-31-64)65-32-16-56(4)17-33-65)50-78(74)82(77(73)49-70)79-51-72(85(66-34-18-57(5)19-35-66)67-36-20-58(6)21-37-67)44-47-75(79)76-48-61(9)81(52-80(76)82)86(68-38-22-59(7)23-39-68)69-40-24-60(8)25-41-69/h10-16,18-47,49,51-52,56,61,71H,17,48,50H2,1-9H3. The van der Waals surface area contributed by atoms with E-state index in [4.69, 9.17) is 0 Å². The zero-order valence-corrected chi connectivity index (χ0v) is 51.2. The van der Waals surface area contributed by atoms with Crippen LogP contribution in [0, 0.1) is 60.3 Å². The van der Waals surface area contributed by atoms with Gasteiger partial charge in [-0.25, -0.2) is 0 Å². The summed E-state index contributed by atoms with van der Waals surface area (Å²) >= 11 is 0. The second-order valence-corrected chi connectivity index (χ2v) is 25.2. The number of hydrogen-bond acceptors (Lipinski definition) is 4. The van der Waals surface area contributed by atoms with Crippen molar-refractivity contribution in [1.82, 2.24) is 0 Å². The van der Waals surface area contributed by atoms with E-state index in [1.165, 1.54) is 112 Å². The number of rotatable bonds is 12. The van der Waals surface area contributed by atoms with Crippen LogP contribution in [0.4, 0.5) is 51.2 Å². The molecule has 4 atom stereocenters. The molecule has 4 nitrogen and oxygen atoms in total. The largest absolute Gasteiger partial charge is 0.335 e. The Morgan fingerprint density at radius 3 is 1.19 bits per heavy atom. The van der Waals surface area contributed by atoms with Crippen molar-refractivity contribution in [3.8, 4) is 0 Å². The topological polar surface area (TPSA) is 13.0 Å². The first-order valence-electron chi connectivity index (χ1n) is 31.0. The Labute approximate surface area is 510 Å². The molecule has 4 unspecified atom stereocenters. The van der Waals surface area contributed by atoms with E-state index in [0.717, 1.165) is 53.4 Å². The Morgan fingerprint density at radius 2 is 0.767 bits per heavy atom. The molecule has 0 aromatic heterocycles. The molecule has 0 heterocycles. The van der Waals surface area contributed by atoms with Crippen LogP contribution in [0.3, 0.4) is 0 Å². The minimum absolute atomic E-state index is 0.0125. The fraction of sp³-hybridized carbons (Fsp3) is 0.195. The molecule has 9 aromatic rings. The van der Waals surface area contributed by atoms with Gasteiger partial charge < -0.3 is 19.6 Å². The molecule has 0 saturated heterocycles. The Kier molecular flexibility index (Phi) is 13.9. The predicted molar refractivity (Wildman–Crippen MR) is 364 cm³/mol. The van der Waals surface area contributed by atoms with Crippen molar-refractivity contribution in [2.75, 3.05) is 19.6 Å². The summed E-state index contributed by atoms with van der Waals surface area (Å²) in [6.45, 7) is 20.1. The van der Waals surface area contributed by atoms with E-state index in [0.29, 0.717) is 5.92 Å². The summed E-state index contributed by atoms with van der Waals surface area (Å²) in [5.41, 5.74) is 31.7. The van der Waals surface area contributed by atoms with E-state index in [1.54, 1.807) is 0 Å². The van der Waals surface area contributed by atoms with E-state index in [9.17, 15) is 0 Å². The number of allylic oxidation sites excluding steroid dienone is 9. The molecule has 4 heteroatoms. The monoisotopic (exact) mass is 1120 g/mol. The first-order valence-corrected chi connectivity index (χ1v) is 31.0. The Morgan fingerprint density at radius 1 is 0.384 bits per heavy atom. The maximum absolute atomic E-state index is 2.67. The van der Waals surface area contributed by atoms with Gasteiger partial charge in [0.25, 0.3) is 0 Å². The third-order valence-electron chi connectivity index (χ3n) is 18.9. The lowest BCUT2D eigenvalue weighted by atomic mass is 9.65. The smallest absolute Gasteiger partial charge is 0.0688 e. The molecule has 0 saturated carbocycles. The summed E-state index contributed by atoms with van der Waals surface area (Å²) in [6, 6.07) is 78.8. The van der Waals surface area contributed by atoms with Crippen LogP contribution in [0.2, 0.25) is 0 Å². The number of nitrogens with zero attached hydrogens (tertiary/aromatic N) is 4. The average Bonchev–Trinajstić information content (AvgIpc) is 1.50. The summed E-state index contributed by atoms with van der Waals surface area (Å²) < 4.78 is 0. The highest BCUT2D eigenvalue weighted by Crippen LogP contribution is 2.67. The van der Waals surface area contributed by atoms with Gasteiger partial charge >= 0.3 is 0 Å². The number of fused-ring (bicyclic) bond motifs is 8. The number of anilines is 9. The lowest BCUT2D eigenvalue weighted by molar-refractivity contribution is 0.632. The van der Waals surface area contributed by atoms with E-state index in [-0.39, 0.29) is 12.0 Å². The van der Waals surface area contributed by atoms with Gasteiger partial charge in [-0.1, -0.05) is 174 Å². The van der Waals surface area contributed by atoms with Gasteiger partial charge in [-0.15, -0.1) is 0 Å². The average molecular weight is 1120 g/mol. The molecule has 0 radical (unpaired) electrons. The lowest BCUT2D eigenvalue weighted by Crippen LogP contribution is -2.38. The first-order chi connectivity index (χ1) is 41.8. The minimum atomic E-state index is -0.718. The third kappa shape index (κ3) is 9.57. The molecule has 14 rings (SSSR count). The van der Waals surface area contributed by atoms with Gasteiger partial charge in [0.1, 0.15) is 0 Å². The van der Waals surface area contributed by atoms with Gasteiger partial charge in [0, 0.05) is 68.5 Å². The summed E-state index contributed by atoms with van der Waals surface area (Å²) in [5.74, 6) is 0.664. The van der Waals surface area contributed by atoms with Crippen LogP contribution < -0.4 is 19.6 Å². The van der Waals surface area contributed by atoms with Crippen molar-refractivity contribution in [2.45, 2.75) is 93.0 Å². The third-order valence-corrected chi connectivity index (χ3v) is 18.9. The highest BCUT2D eigenvalue weighted by atomic mass is 15.2. The van der Waals surface area contributed by atoms with Crippen molar-refractivity contribution in [3.63, 3.8) is 0 Å². The van der Waals surface area contributed by atoms with Crippen LogP contribution in [0.5, 0.6) is 0 Å². The molecule has 0 aliphatic heterocycles. The molecule has 0 amide bonds.